The van der Waals surface area contributed by atoms with Crippen LogP contribution in [0.4, 0.5) is 0 Å². The van der Waals surface area contributed by atoms with Crippen LogP contribution in [-0.4, -0.2) is 96.2 Å². The third kappa shape index (κ3) is 22.1. The second-order valence-electron chi connectivity index (χ2n) is 33.9. The van der Waals surface area contributed by atoms with Gasteiger partial charge in [-0.2, -0.15) is 0 Å². The van der Waals surface area contributed by atoms with Gasteiger partial charge in [-0.1, -0.05) is 186 Å². The van der Waals surface area contributed by atoms with Crippen LogP contribution in [0.2, 0.25) is 0 Å². The Morgan fingerprint density at radius 1 is 0.336 bits per heavy atom. The van der Waals surface area contributed by atoms with Gasteiger partial charge in [-0.05, 0) is 192 Å². The van der Waals surface area contributed by atoms with Gasteiger partial charge in [0, 0.05) is 23.7 Å². The number of fused-ring (bicyclic) bond motifs is 3. The fourth-order valence-electron chi connectivity index (χ4n) is 15.4. The van der Waals surface area contributed by atoms with E-state index in [0.717, 1.165) is 60.1 Å². The minimum atomic E-state index is -0.857. The molecule has 24 heteroatoms. The number of aromatic hydroxyl groups is 1. The molecule has 0 aliphatic heterocycles. The van der Waals surface area contributed by atoms with Crippen LogP contribution in [0.1, 0.15) is 263 Å². The maximum Gasteiger partial charge on any atom is 0.306 e. The van der Waals surface area contributed by atoms with E-state index in [-0.39, 0.29) is 106 Å². The number of rotatable bonds is 25. The molecule has 4 atom stereocenters. The lowest BCUT2D eigenvalue weighted by Crippen LogP contribution is -2.33. The summed E-state index contributed by atoms with van der Waals surface area (Å²) < 4.78 is 32.7. The average molecular weight is 1640 g/mol. The summed E-state index contributed by atoms with van der Waals surface area (Å²) in [6.07, 6.45) is 7.85. The number of carboxylic acid groups (broad SMARTS) is 1. The first-order valence-electron chi connectivity index (χ1n) is 39.1. The lowest BCUT2D eigenvalue weighted by atomic mass is 9.63. The molecular formula is C92H106N8O12S4. The van der Waals surface area contributed by atoms with Crippen molar-refractivity contribution in [2.75, 3.05) is 21.3 Å². The molecule has 20 nitrogen and oxygen atoms in total. The van der Waals surface area contributed by atoms with Crippen molar-refractivity contribution >= 4 is 69.2 Å². The molecule has 0 spiro atoms. The number of nitrogens with zero attached hydrogens (tertiary/aromatic N) is 8. The van der Waals surface area contributed by atoms with Crippen LogP contribution in [0, 0.1) is 0 Å². The number of aliphatic carboxylic acids is 1. The van der Waals surface area contributed by atoms with Crippen molar-refractivity contribution in [3.8, 4) is 23.0 Å². The van der Waals surface area contributed by atoms with Crippen molar-refractivity contribution in [3.05, 3.63) is 266 Å². The Morgan fingerprint density at radius 2 is 0.569 bits per heavy atom. The average Bonchev–Trinajstić information content (AvgIpc) is 1.21. The summed E-state index contributed by atoms with van der Waals surface area (Å²) in [5.74, 6) is -0.00259. The number of phenols is 1. The predicted molar refractivity (Wildman–Crippen MR) is 455 cm³/mol. The van der Waals surface area contributed by atoms with Crippen molar-refractivity contribution in [2.24, 2.45) is 0 Å². The Bertz CT molecular complexity index is 4870. The molecule has 7 aromatic carbocycles. The third-order valence-corrected chi connectivity index (χ3v) is 26.2. The third-order valence-electron chi connectivity index (χ3n) is 23.0. The topological polar surface area (TPSA) is 267 Å². The number of benzene rings is 7. The Balaban J connectivity index is 0.000000155. The number of esters is 3. The number of ether oxygens (including phenoxy) is 6. The molecule has 0 fully saturated rings. The van der Waals surface area contributed by atoms with Gasteiger partial charge in [0.05, 0.1) is 47.0 Å². The Labute approximate surface area is 696 Å². The van der Waals surface area contributed by atoms with Crippen molar-refractivity contribution in [1.82, 2.24) is 40.8 Å². The molecule has 3 aliphatic rings. The molecule has 4 aromatic heterocycles. The van der Waals surface area contributed by atoms with Crippen molar-refractivity contribution in [3.63, 3.8) is 0 Å². The van der Waals surface area contributed by atoms with Gasteiger partial charge < -0.3 is 38.6 Å². The number of carbonyl (C=O) groups excluding carboxylic acids is 3. The van der Waals surface area contributed by atoms with Gasteiger partial charge in [-0.15, -0.1) is 86.1 Å². The molecule has 3 aliphatic carbocycles. The summed E-state index contributed by atoms with van der Waals surface area (Å²) in [6, 6.07) is 50.5. The highest BCUT2D eigenvalue weighted by molar-refractivity contribution is 7.10. The number of carbonyl (C=O) groups is 4. The van der Waals surface area contributed by atoms with Crippen molar-refractivity contribution in [1.29, 1.82) is 0 Å². The molecule has 4 heterocycles. The minimum Gasteiger partial charge on any atom is -0.508 e. The molecule has 0 saturated heterocycles. The van der Waals surface area contributed by atoms with Gasteiger partial charge in [-0.3, -0.25) is 19.2 Å². The molecule has 2 N–H and O–H groups in total. The molecule has 0 radical (unpaired) electrons. The van der Waals surface area contributed by atoms with Crippen LogP contribution < -0.4 is 14.2 Å². The maximum absolute atomic E-state index is 11.9. The molecule has 11 aromatic rings. The quantitative estimate of drug-likeness (QED) is 0.0398. The van der Waals surface area contributed by atoms with E-state index < -0.39 is 5.97 Å². The van der Waals surface area contributed by atoms with Gasteiger partial charge in [-0.25, -0.2) is 0 Å². The van der Waals surface area contributed by atoms with Gasteiger partial charge in [0.15, 0.2) is 0 Å². The molecule has 0 bridgehead atoms. The number of carboxylic acids is 1. The summed E-state index contributed by atoms with van der Waals surface area (Å²) in [4.78, 5) is 46.6. The highest BCUT2D eigenvalue weighted by Crippen LogP contribution is 2.49. The standard InChI is InChI=1S/2C27H32N2O3S.C26H30N2O3S.C12H12N2O3S/c2*1-26(2)12-13-27(3,4)23-14-18(6-11-22(23)26)16-32-20-9-7-19(8-10-20)21(15-24(30)31-5)25-29-28-17-33-25;1-25(2)11-12-26(3,4)22-13-17(5-10-21(22)25)15-31-19-8-6-18(7-9-19)20(14-23(29)30)24-28-27-16-32-24;1-17-11(16)6-10(12-14-13-7-18-12)8-2-4-9(15)5-3-8/h2*6-11,14,17,21H,12-13,15-16H2,1-5H3;5-10,13,16,20H,11-12,14-15H2,1-4H3,(H,29,30);2-5,7,10,15H,6H2,1H3/t2*21-;20-;10-/m1111/s1. The number of phenolic OH excluding ortho intramolecular Hbond substituents is 1. The normalized spacial score (nSPS) is 16.4. The zero-order valence-electron chi connectivity index (χ0n) is 68.9. The highest BCUT2D eigenvalue weighted by Gasteiger charge is 2.40. The van der Waals surface area contributed by atoms with Crippen LogP contribution in [-0.2, 0) is 85.7 Å². The lowest BCUT2D eigenvalue weighted by Gasteiger charge is -2.42. The fraction of sp³-hybridized carbons (Fsp3) is 0.413. The predicted octanol–water partition coefficient (Wildman–Crippen LogP) is 20.3. The van der Waals surface area contributed by atoms with Crippen LogP contribution >= 0.6 is 45.3 Å². The Hall–Kier alpha value is -10.1. The Kier molecular flexibility index (Phi) is 28.3. The first-order chi connectivity index (χ1) is 55.2. The Morgan fingerprint density at radius 3 is 0.793 bits per heavy atom. The van der Waals surface area contributed by atoms with Crippen molar-refractivity contribution < 1.29 is 57.8 Å². The largest absolute Gasteiger partial charge is 0.508 e. The second kappa shape index (κ2) is 37.9. The zero-order chi connectivity index (χ0) is 83.2. The van der Waals surface area contributed by atoms with Crippen molar-refractivity contribution in [2.45, 2.75) is 223 Å². The lowest BCUT2D eigenvalue weighted by molar-refractivity contribution is -0.141. The van der Waals surface area contributed by atoms with E-state index in [1.165, 1.54) is 150 Å². The van der Waals surface area contributed by atoms with Gasteiger partial charge in [0.25, 0.3) is 0 Å². The highest BCUT2D eigenvalue weighted by atomic mass is 32.1. The smallest absolute Gasteiger partial charge is 0.306 e. The minimum absolute atomic E-state index is 0.0172. The molecule has 116 heavy (non-hydrogen) atoms. The first kappa shape index (κ1) is 86.7. The van der Waals surface area contributed by atoms with Gasteiger partial charge in [0.2, 0.25) is 0 Å². The van der Waals surface area contributed by atoms with E-state index in [4.69, 9.17) is 28.4 Å². The number of aromatic nitrogens is 8. The van der Waals surface area contributed by atoms with Gasteiger partial charge >= 0.3 is 23.9 Å². The van der Waals surface area contributed by atoms with Crippen LogP contribution in [0.3, 0.4) is 0 Å². The van der Waals surface area contributed by atoms with E-state index in [0.29, 0.717) is 24.8 Å². The summed E-state index contributed by atoms with van der Waals surface area (Å²) in [7, 11) is 4.16. The fourth-order valence-corrected chi connectivity index (χ4v) is 18.1. The van der Waals surface area contributed by atoms with E-state index in [1.54, 1.807) is 46.3 Å². The molecule has 14 rings (SSSR count). The zero-order valence-corrected chi connectivity index (χ0v) is 72.2. The van der Waals surface area contributed by atoms with Crippen LogP contribution in [0.25, 0.3) is 0 Å². The SMILES string of the molecule is CC1(C)CCC(C)(C)c2cc(COc3ccc([C@@H](CC(=O)O)c4nncs4)cc3)ccc21.COC(=O)C[C@H](c1ccc(O)cc1)c1nncs1.COC(=O)C[C@H](c1ccc(OCc2ccc3c(c2)C(C)(C)CCC3(C)C)cc1)c1nncs1.COC(=O)C[C@H](c1ccc(OCc2ccc3c(c2)C(C)(C)CCC3(C)C)cc1)c1nncs1. The van der Waals surface area contributed by atoms with Gasteiger partial charge in [0.1, 0.15) is 84.9 Å². The molecular weight excluding hydrogens is 1540 g/mol. The maximum atomic E-state index is 11.9. The van der Waals surface area contributed by atoms with E-state index >= 15 is 0 Å². The summed E-state index contributed by atoms with van der Waals surface area (Å²) in [5, 5.41) is 53.5. The molecule has 0 unspecified atom stereocenters. The summed E-state index contributed by atoms with van der Waals surface area (Å²) in [5.41, 5.74) is 23.8. The summed E-state index contributed by atoms with van der Waals surface area (Å²) in [6.45, 7) is 29.6. The number of hydrogen-bond donors (Lipinski definition) is 2. The number of methoxy groups -OCH3 is 3. The van der Waals surface area contributed by atoms with Crippen LogP contribution in [0.15, 0.2) is 174 Å². The molecule has 0 amide bonds. The number of hydrogen-bond acceptors (Lipinski definition) is 23. The monoisotopic (exact) mass is 1640 g/mol. The van der Waals surface area contributed by atoms with E-state index in [1.807, 2.05) is 72.8 Å². The molecule has 610 valence electrons. The first-order valence-corrected chi connectivity index (χ1v) is 42.6. The summed E-state index contributed by atoms with van der Waals surface area (Å²) >= 11 is 5.64. The second-order valence-corrected chi connectivity index (χ2v) is 37.3. The van der Waals surface area contributed by atoms with Crippen LogP contribution in [0.5, 0.6) is 23.0 Å². The molecule has 0 saturated carbocycles. The van der Waals surface area contributed by atoms with E-state index in [2.05, 4.69) is 178 Å². The van der Waals surface area contributed by atoms with E-state index in [9.17, 15) is 29.4 Å².